The van der Waals surface area contributed by atoms with Gasteiger partial charge in [-0.25, -0.2) is 8.42 Å². The second-order valence-electron chi connectivity index (χ2n) is 6.26. The molecular weight excluding hydrogens is 340 g/mol. The topological polar surface area (TPSA) is 83.6 Å². The molecule has 3 rings (SSSR count). The molecule has 1 aliphatic heterocycles. The number of imide groups is 1. The Morgan fingerprint density at radius 2 is 1.52 bits per heavy atom. The van der Waals surface area contributed by atoms with Crippen LogP contribution in [0.4, 0.5) is 5.69 Å². The van der Waals surface area contributed by atoms with Gasteiger partial charge in [-0.15, -0.1) is 0 Å². The zero-order valence-electron chi connectivity index (χ0n) is 14.1. The number of anilines is 1. The van der Waals surface area contributed by atoms with Crippen molar-refractivity contribution in [1.82, 2.24) is 4.90 Å². The molecule has 0 atom stereocenters. The van der Waals surface area contributed by atoms with Crippen LogP contribution in [0.25, 0.3) is 0 Å². The van der Waals surface area contributed by atoms with Crippen LogP contribution in [-0.2, 0) is 10.0 Å². The first-order valence-corrected chi connectivity index (χ1v) is 9.28. The molecule has 0 aromatic heterocycles. The third kappa shape index (κ3) is 3.02. The summed E-state index contributed by atoms with van der Waals surface area (Å²) in [6, 6.07) is 11.0. The normalized spacial score (nSPS) is 14.2. The van der Waals surface area contributed by atoms with Gasteiger partial charge in [-0.05, 0) is 41.8 Å². The Kier molecular flexibility index (Phi) is 4.12. The third-order valence-electron chi connectivity index (χ3n) is 4.20. The smallest absolute Gasteiger partial charge is 0.261 e. The van der Waals surface area contributed by atoms with E-state index in [-0.39, 0.29) is 21.7 Å². The van der Waals surface area contributed by atoms with Gasteiger partial charge >= 0.3 is 0 Å². The molecule has 2 aromatic carbocycles. The number of amides is 2. The summed E-state index contributed by atoms with van der Waals surface area (Å²) < 4.78 is 27.5. The van der Waals surface area contributed by atoms with Crippen LogP contribution in [0.15, 0.2) is 47.4 Å². The third-order valence-corrected chi connectivity index (χ3v) is 5.60. The van der Waals surface area contributed by atoms with Gasteiger partial charge in [0.15, 0.2) is 0 Å². The van der Waals surface area contributed by atoms with E-state index in [1.807, 2.05) is 13.8 Å². The highest BCUT2D eigenvalue weighted by Crippen LogP contribution is 2.26. The lowest BCUT2D eigenvalue weighted by molar-refractivity contribution is 0.0693. The summed E-state index contributed by atoms with van der Waals surface area (Å²) in [6.45, 7) is 4.06. The minimum Gasteiger partial charge on any atom is -0.280 e. The SMILES string of the molecule is CC(C)c1ccc(S(=O)(=O)Nc2ccc3c(c2)C(=O)N(C)C3=O)cc1. The van der Waals surface area contributed by atoms with Gasteiger partial charge in [0.25, 0.3) is 21.8 Å². The monoisotopic (exact) mass is 358 g/mol. The average molecular weight is 358 g/mol. The highest BCUT2D eigenvalue weighted by molar-refractivity contribution is 7.92. The molecule has 1 N–H and O–H groups in total. The van der Waals surface area contributed by atoms with Crippen molar-refractivity contribution in [2.24, 2.45) is 0 Å². The Hall–Kier alpha value is -2.67. The maximum Gasteiger partial charge on any atom is 0.261 e. The first-order valence-electron chi connectivity index (χ1n) is 7.80. The van der Waals surface area contributed by atoms with Gasteiger partial charge in [0.05, 0.1) is 16.0 Å². The van der Waals surface area contributed by atoms with Gasteiger partial charge in [0, 0.05) is 12.7 Å². The van der Waals surface area contributed by atoms with Crippen molar-refractivity contribution < 1.29 is 18.0 Å². The Morgan fingerprint density at radius 3 is 2.12 bits per heavy atom. The molecule has 0 saturated carbocycles. The maximum atomic E-state index is 12.5. The van der Waals surface area contributed by atoms with Crippen molar-refractivity contribution in [3.05, 3.63) is 59.2 Å². The summed E-state index contributed by atoms with van der Waals surface area (Å²) >= 11 is 0. The molecule has 1 aliphatic rings. The van der Waals surface area contributed by atoms with Crippen molar-refractivity contribution in [3.8, 4) is 0 Å². The zero-order chi connectivity index (χ0) is 18.4. The lowest BCUT2D eigenvalue weighted by atomic mass is 10.0. The number of benzene rings is 2. The van der Waals surface area contributed by atoms with Crippen LogP contribution < -0.4 is 4.72 Å². The molecule has 2 aromatic rings. The van der Waals surface area contributed by atoms with Gasteiger partial charge in [0.2, 0.25) is 0 Å². The van der Waals surface area contributed by atoms with Crippen molar-refractivity contribution in [1.29, 1.82) is 0 Å². The minimum absolute atomic E-state index is 0.136. The molecule has 0 fully saturated rings. The van der Waals surface area contributed by atoms with E-state index >= 15 is 0 Å². The van der Waals surface area contributed by atoms with Gasteiger partial charge in [-0.3, -0.25) is 19.2 Å². The molecule has 0 bridgehead atoms. The predicted molar refractivity (Wildman–Crippen MR) is 94.2 cm³/mol. The number of fused-ring (bicyclic) bond motifs is 1. The van der Waals surface area contributed by atoms with E-state index in [0.717, 1.165) is 10.5 Å². The quantitative estimate of drug-likeness (QED) is 0.852. The van der Waals surface area contributed by atoms with Gasteiger partial charge < -0.3 is 0 Å². The van der Waals surface area contributed by atoms with Gasteiger partial charge in [-0.2, -0.15) is 0 Å². The van der Waals surface area contributed by atoms with Crippen LogP contribution in [-0.4, -0.2) is 32.2 Å². The summed E-state index contributed by atoms with van der Waals surface area (Å²) in [5, 5.41) is 0. The Balaban J connectivity index is 1.90. The summed E-state index contributed by atoms with van der Waals surface area (Å²) in [4.78, 5) is 25.0. The van der Waals surface area contributed by atoms with E-state index in [0.29, 0.717) is 5.92 Å². The molecule has 0 spiro atoms. The van der Waals surface area contributed by atoms with Crippen LogP contribution in [0.3, 0.4) is 0 Å². The number of carbonyl (C=O) groups excluding carboxylic acids is 2. The molecule has 0 aliphatic carbocycles. The maximum absolute atomic E-state index is 12.5. The van der Waals surface area contributed by atoms with Crippen LogP contribution in [0.5, 0.6) is 0 Å². The number of hydrogen-bond donors (Lipinski definition) is 1. The fraction of sp³-hybridized carbons (Fsp3) is 0.222. The Bertz CT molecular complexity index is 963. The lowest BCUT2D eigenvalue weighted by Gasteiger charge is -2.10. The largest absolute Gasteiger partial charge is 0.280 e. The molecule has 0 unspecified atom stereocenters. The highest BCUT2D eigenvalue weighted by atomic mass is 32.2. The van der Waals surface area contributed by atoms with Crippen LogP contribution in [0.1, 0.15) is 46.0 Å². The molecule has 7 heteroatoms. The summed E-state index contributed by atoms with van der Waals surface area (Å²) in [7, 11) is -2.38. The number of rotatable bonds is 4. The number of carbonyl (C=O) groups is 2. The molecule has 130 valence electrons. The Morgan fingerprint density at radius 1 is 0.920 bits per heavy atom. The van der Waals surface area contributed by atoms with Gasteiger partial charge in [0.1, 0.15) is 0 Å². The van der Waals surface area contributed by atoms with Crippen molar-refractivity contribution in [2.45, 2.75) is 24.7 Å². The molecule has 6 nitrogen and oxygen atoms in total. The Labute approximate surface area is 146 Å². The first-order chi connectivity index (χ1) is 11.7. The van der Waals surface area contributed by atoms with Crippen molar-refractivity contribution in [2.75, 3.05) is 11.8 Å². The van der Waals surface area contributed by atoms with Gasteiger partial charge in [-0.1, -0.05) is 26.0 Å². The summed E-state index contributed by atoms with van der Waals surface area (Å²) in [5.74, 6) is -0.525. The molecule has 0 saturated heterocycles. The van der Waals surface area contributed by atoms with E-state index in [1.165, 1.54) is 25.2 Å². The van der Waals surface area contributed by atoms with E-state index in [2.05, 4.69) is 4.72 Å². The molecule has 2 amide bonds. The predicted octanol–water partition coefficient (Wildman–Crippen LogP) is 2.84. The first kappa shape index (κ1) is 17.2. The highest BCUT2D eigenvalue weighted by Gasteiger charge is 2.33. The van der Waals surface area contributed by atoms with Crippen LogP contribution in [0.2, 0.25) is 0 Å². The number of sulfonamides is 1. The van der Waals surface area contributed by atoms with Crippen LogP contribution in [0, 0.1) is 0 Å². The van der Waals surface area contributed by atoms with E-state index < -0.39 is 21.8 Å². The standard InChI is InChI=1S/C18H18N2O4S/c1-11(2)12-4-7-14(8-5-12)25(23,24)19-13-6-9-15-16(10-13)18(22)20(3)17(15)21/h4-11,19H,1-3H3. The fourth-order valence-electron chi connectivity index (χ4n) is 2.67. The van der Waals surface area contributed by atoms with E-state index in [4.69, 9.17) is 0 Å². The molecule has 1 heterocycles. The van der Waals surface area contributed by atoms with Crippen molar-refractivity contribution >= 4 is 27.5 Å². The second-order valence-corrected chi connectivity index (χ2v) is 7.94. The minimum atomic E-state index is -3.78. The molecule has 0 radical (unpaired) electrons. The lowest BCUT2D eigenvalue weighted by Crippen LogP contribution is -2.24. The average Bonchev–Trinajstić information content (AvgIpc) is 2.79. The van der Waals surface area contributed by atoms with E-state index in [9.17, 15) is 18.0 Å². The second kappa shape index (κ2) is 6.00. The number of nitrogens with zero attached hydrogens (tertiary/aromatic N) is 1. The number of hydrogen-bond acceptors (Lipinski definition) is 4. The zero-order valence-corrected chi connectivity index (χ0v) is 14.9. The fourth-order valence-corrected chi connectivity index (χ4v) is 3.72. The van der Waals surface area contributed by atoms with Crippen molar-refractivity contribution in [3.63, 3.8) is 0 Å². The summed E-state index contributed by atoms with van der Waals surface area (Å²) in [6.07, 6.45) is 0. The number of nitrogens with one attached hydrogen (secondary N) is 1. The molecular formula is C18H18N2O4S. The molecule has 25 heavy (non-hydrogen) atoms. The van der Waals surface area contributed by atoms with E-state index in [1.54, 1.807) is 24.3 Å². The summed E-state index contributed by atoms with van der Waals surface area (Å²) in [5.41, 5.74) is 1.76. The van der Waals surface area contributed by atoms with Crippen LogP contribution >= 0.6 is 0 Å².